The number of Topliss-reactive ketones (excluding diaryl/α,β-unsaturated/α-hetero) is 1. The molecule has 0 aromatic heterocycles. The first kappa shape index (κ1) is 17.7. The number of hydrogen-bond acceptors (Lipinski definition) is 2. The summed E-state index contributed by atoms with van der Waals surface area (Å²) in [6.45, 7) is 0.450. The van der Waals surface area contributed by atoms with Crippen molar-refractivity contribution in [3.8, 4) is 0 Å². The fourth-order valence-electron chi connectivity index (χ4n) is 4.74. The van der Waals surface area contributed by atoms with Gasteiger partial charge in [0, 0.05) is 0 Å². The van der Waals surface area contributed by atoms with Crippen LogP contribution in [0.15, 0.2) is 36.4 Å². The van der Waals surface area contributed by atoms with Crippen molar-refractivity contribution in [2.75, 3.05) is 13.2 Å². The summed E-state index contributed by atoms with van der Waals surface area (Å²) >= 11 is 0. The number of ketones is 1. The predicted octanol–water partition coefficient (Wildman–Crippen LogP) is 2.97. The molecule has 2 aliphatic carbocycles. The zero-order valence-electron chi connectivity index (χ0n) is 15.1. The Morgan fingerprint density at radius 3 is 2.46 bits per heavy atom. The van der Waals surface area contributed by atoms with Gasteiger partial charge >= 0.3 is 6.18 Å². The fraction of sp³-hybridized carbons (Fsp3) is 0.348. The van der Waals surface area contributed by atoms with E-state index in [2.05, 4.69) is 0 Å². The average Bonchev–Trinajstić information content (AvgIpc) is 2.64. The van der Waals surface area contributed by atoms with Crippen molar-refractivity contribution in [1.82, 2.24) is 0 Å². The summed E-state index contributed by atoms with van der Waals surface area (Å²) in [4.78, 5) is 13.1. The van der Waals surface area contributed by atoms with Gasteiger partial charge in [0.1, 0.15) is 5.78 Å². The Bertz CT molecular complexity index is 1180. The summed E-state index contributed by atoms with van der Waals surface area (Å²) in [6, 6.07) is 11.7. The minimum atomic E-state index is -4.42. The van der Waals surface area contributed by atoms with E-state index in [1.165, 1.54) is 0 Å². The van der Waals surface area contributed by atoms with E-state index in [1.54, 1.807) is 6.08 Å². The molecule has 0 radical (unpaired) electrons. The molecular formula is C23H19F3O2. The lowest BCUT2D eigenvalue weighted by atomic mass is 9.70. The first-order chi connectivity index (χ1) is 13.4. The van der Waals surface area contributed by atoms with Crippen LogP contribution >= 0.6 is 0 Å². The van der Waals surface area contributed by atoms with Crippen molar-refractivity contribution in [2.24, 2.45) is 11.8 Å². The number of fused-ring (bicyclic) bond motifs is 4. The molecule has 1 heterocycles. The number of ether oxygens (including phenoxy) is 1. The molecule has 28 heavy (non-hydrogen) atoms. The van der Waals surface area contributed by atoms with Gasteiger partial charge < -0.3 is 4.74 Å². The van der Waals surface area contributed by atoms with Gasteiger partial charge in [-0.1, -0.05) is 48.6 Å². The molecule has 0 spiro atoms. The van der Waals surface area contributed by atoms with Crippen LogP contribution < -0.4 is 10.4 Å². The fourth-order valence-corrected chi connectivity index (χ4v) is 4.74. The lowest BCUT2D eigenvalue weighted by Gasteiger charge is -2.36. The lowest BCUT2D eigenvalue weighted by Crippen LogP contribution is -2.46. The number of alkyl halides is 3. The maximum absolute atomic E-state index is 13.9. The third-order valence-corrected chi connectivity index (χ3v) is 6.24. The second kappa shape index (κ2) is 6.31. The second-order valence-corrected chi connectivity index (χ2v) is 7.79. The minimum absolute atomic E-state index is 0.153. The largest absolute Gasteiger partial charge is 0.393 e. The van der Waals surface area contributed by atoms with Crippen LogP contribution in [0.1, 0.15) is 23.5 Å². The van der Waals surface area contributed by atoms with Crippen LogP contribution in [0.25, 0.3) is 12.2 Å². The normalized spacial score (nSPS) is 23.4. The summed E-state index contributed by atoms with van der Waals surface area (Å²) in [5.74, 6) is -3.58. The zero-order valence-corrected chi connectivity index (χ0v) is 15.1. The van der Waals surface area contributed by atoms with Crippen molar-refractivity contribution in [3.63, 3.8) is 0 Å². The molecule has 144 valence electrons. The third kappa shape index (κ3) is 2.64. The maximum Gasteiger partial charge on any atom is 0.393 e. The predicted molar refractivity (Wildman–Crippen MR) is 98.7 cm³/mol. The van der Waals surface area contributed by atoms with Crippen LogP contribution in [-0.4, -0.2) is 25.2 Å². The average molecular weight is 384 g/mol. The van der Waals surface area contributed by atoms with Crippen molar-refractivity contribution in [2.45, 2.75) is 24.9 Å². The Balaban J connectivity index is 1.80. The first-order valence-electron chi connectivity index (χ1n) is 9.55. The molecule has 2 aromatic rings. The summed E-state index contributed by atoms with van der Waals surface area (Å²) in [5.41, 5.74) is 1.44. The van der Waals surface area contributed by atoms with Crippen LogP contribution in [0.2, 0.25) is 0 Å². The van der Waals surface area contributed by atoms with Gasteiger partial charge in [0.05, 0.1) is 31.0 Å². The molecule has 0 amide bonds. The Morgan fingerprint density at radius 1 is 0.964 bits per heavy atom. The molecule has 2 aromatic carbocycles. The second-order valence-electron chi connectivity index (χ2n) is 7.79. The number of rotatable bonds is 2. The monoisotopic (exact) mass is 384 g/mol. The molecular weight excluding hydrogens is 365 g/mol. The minimum Gasteiger partial charge on any atom is -0.380 e. The van der Waals surface area contributed by atoms with Crippen molar-refractivity contribution >= 4 is 17.9 Å². The van der Waals surface area contributed by atoms with E-state index < -0.39 is 23.9 Å². The Morgan fingerprint density at radius 2 is 1.75 bits per heavy atom. The van der Waals surface area contributed by atoms with Gasteiger partial charge in [0.25, 0.3) is 0 Å². The molecule has 2 nitrogen and oxygen atoms in total. The number of carbonyl (C=O) groups excluding carboxylic acids is 1. The van der Waals surface area contributed by atoms with Crippen molar-refractivity contribution in [3.05, 3.63) is 68.4 Å². The molecule has 2 atom stereocenters. The molecule has 0 bridgehead atoms. The number of hydrogen-bond donors (Lipinski definition) is 0. The van der Waals surface area contributed by atoms with Crippen LogP contribution in [0.4, 0.5) is 13.2 Å². The van der Waals surface area contributed by atoms with Gasteiger partial charge in [0.15, 0.2) is 0 Å². The third-order valence-electron chi connectivity index (χ3n) is 6.24. The number of halogens is 3. The summed E-state index contributed by atoms with van der Waals surface area (Å²) < 4.78 is 46.8. The Labute approximate surface area is 159 Å². The van der Waals surface area contributed by atoms with E-state index in [0.29, 0.717) is 12.0 Å². The van der Waals surface area contributed by atoms with Crippen LogP contribution in [0, 0.1) is 22.3 Å². The van der Waals surface area contributed by atoms with Crippen LogP contribution in [-0.2, 0) is 16.0 Å². The quantitative estimate of drug-likeness (QED) is 0.796. The summed E-state index contributed by atoms with van der Waals surface area (Å²) in [7, 11) is 0. The van der Waals surface area contributed by atoms with Crippen LogP contribution in [0.5, 0.6) is 0 Å². The van der Waals surface area contributed by atoms with Gasteiger partial charge in [0.2, 0.25) is 0 Å². The number of carbonyl (C=O) groups is 1. The molecule has 1 saturated heterocycles. The summed E-state index contributed by atoms with van der Waals surface area (Å²) in [5, 5.41) is 3.80. The van der Waals surface area contributed by atoms with E-state index in [9.17, 15) is 18.0 Å². The van der Waals surface area contributed by atoms with Gasteiger partial charge in [-0.05, 0) is 44.8 Å². The van der Waals surface area contributed by atoms with Gasteiger partial charge in [-0.3, -0.25) is 4.79 Å². The van der Waals surface area contributed by atoms with Crippen molar-refractivity contribution in [1.29, 1.82) is 0 Å². The standard InChI is InChI=1S/C23H19F3O2/c24-23(25,26)19-10-7-14-6-8-17-16-4-2-1-3-13(16)5-9-18(17)20(14)21(19)22(27)15-11-28-12-15/h1-8,15,19,21H,9-12H2/t19-,21?/m1/s1. The molecule has 0 saturated carbocycles. The van der Waals surface area contributed by atoms with Crippen molar-refractivity contribution < 1.29 is 22.7 Å². The molecule has 0 N–H and O–H groups in total. The highest BCUT2D eigenvalue weighted by Gasteiger charge is 2.51. The molecule has 1 fully saturated rings. The SMILES string of the molecule is O=C(C1COC1)C1c2c3c(ccc2=CC[C@H]1C(F)(F)F)=c1ccccc1=CC3. The smallest absolute Gasteiger partial charge is 0.380 e. The first-order valence-corrected chi connectivity index (χ1v) is 9.55. The topological polar surface area (TPSA) is 26.3 Å². The lowest BCUT2D eigenvalue weighted by molar-refractivity contribution is -0.185. The molecule has 3 aliphatic rings. The molecule has 5 heteroatoms. The van der Waals surface area contributed by atoms with Gasteiger partial charge in [-0.25, -0.2) is 0 Å². The highest BCUT2D eigenvalue weighted by molar-refractivity contribution is 5.90. The van der Waals surface area contributed by atoms with E-state index in [0.717, 1.165) is 26.4 Å². The molecule has 1 unspecified atom stereocenters. The zero-order chi connectivity index (χ0) is 19.5. The van der Waals surface area contributed by atoms with E-state index in [-0.39, 0.29) is 25.4 Å². The maximum atomic E-state index is 13.9. The van der Waals surface area contributed by atoms with E-state index >= 15 is 0 Å². The highest BCUT2D eigenvalue weighted by atomic mass is 19.4. The van der Waals surface area contributed by atoms with Gasteiger partial charge in [-0.15, -0.1) is 0 Å². The van der Waals surface area contributed by atoms with E-state index in [4.69, 9.17) is 4.74 Å². The Hall–Kier alpha value is -2.40. The summed E-state index contributed by atoms with van der Waals surface area (Å²) in [6.07, 6.45) is -0.338. The molecule has 1 aliphatic heterocycles. The highest BCUT2D eigenvalue weighted by Crippen LogP contribution is 2.44. The molecule has 5 rings (SSSR count). The van der Waals surface area contributed by atoms with E-state index in [1.807, 2.05) is 42.5 Å². The Kier molecular flexibility index (Phi) is 3.98. The van der Waals surface area contributed by atoms with Crippen LogP contribution in [0.3, 0.4) is 0 Å². The van der Waals surface area contributed by atoms with Gasteiger partial charge in [-0.2, -0.15) is 13.2 Å². The number of benzene rings is 2.